The van der Waals surface area contributed by atoms with E-state index in [1.54, 1.807) is 30.3 Å². The van der Waals surface area contributed by atoms with Crippen LogP contribution in [0, 0.1) is 10.1 Å². The quantitative estimate of drug-likeness (QED) is 0.464. The van der Waals surface area contributed by atoms with E-state index in [1.165, 1.54) is 6.92 Å². The summed E-state index contributed by atoms with van der Waals surface area (Å²) in [6.07, 6.45) is -1.18. The van der Waals surface area contributed by atoms with Crippen LogP contribution in [0.15, 0.2) is 30.3 Å². The molecular weight excluding hydrogens is 268 g/mol. The third kappa shape index (κ3) is 4.23. The summed E-state index contributed by atoms with van der Waals surface area (Å²) in [5, 5.41) is 11.6. The molecule has 8 heteroatoms. The van der Waals surface area contributed by atoms with Gasteiger partial charge in [0.1, 0.15) is 6.10 Å². The van der Waals surface area contributed by atoms with E-state index >= 15 is 0 Å². The van der Waals surface area contributed by atoms with Crippen LogP contribution in [0.1, 0.15) is 17.3 Å². The predicted molar refractivity (Wildman–Crippen MR) is 67.3 cm³/mol. The standard InChI is InChI=1S/C12H14N2O6/c1-8(20-14(17)18)10(12(16)19-2)13-11(15)9-6-4-3-5-7-9/h3-8,10H,1-2H3,(H,13,15). The third-order valence-electron chi connectivity index (χ3n) is 2.50. The molecule has 0 saturated carbocycles. The second kappa shape index (κ2) is 7.07. The molecule has 0 aromatic heterocycles. The van der Waals surface area contributed by atoms with Crippen LogP contribution in [0.2, 0.25) is 0 Å². The number of carbonyl (C=O) groups is 2. The van der Waals surface area contributed by atoms with Gasteiger partial charge in [0.15, 0.2) is 6.04 Å². The smallest absolute Gasteiger partial charge is 0.330 e. The predicted octanol–water partition coefficient (Wildman–Crippen LogP) is 0.555. The number of rotatable bonds is 6. The van der Waals surface area contributed by atoms with Gasteiger partial charge in [-0.1, -0.05) is 18.2 Å². The van der Waals surface area contributed by atoms with E-state index in [1.807, 2.05) is 0 Å². The average Bonchev–Trinajstić information content (AvgIpc) is 2.43. The van der Waals surface area contributed by atoms with Crippen LogP contribution in [0.4, 0.5) is 0 Å². The fourth-order valence-electron chi connectivity index (χ4n) is 1.51. The van der Waals surface area contributed by atoms with E-state index in [4.69, 9.17) is 0 Å². The molecule has 1 aromatic rings. The molecule has 0 heterocycles. The van der Waals surface area contributed by atoms with Gasteiger partial charge in [-0.3, -0.25) is 4.79 Å². The first-order valence-corrected chi connectivity index (χ1v) is 5.70. The second-order valence-electron chi connectivity index (χ2n) is 3.87. The highest BCUT2D eigenvalue weighted by Crippen LogP contribution is 2.05. The van der Waals surface area contributed by atoms with E-state index in [-0.39, 0.29) is 0 Å². The van der Waals surface area contributed by atoms with Crippen LogP contribution >= 0.6 is 0 Å². The van der Waals surface area contributed by atoms with Gasteiger partial charge in [0, 0.05) is 5.56 Å². The molecule has 0 spiro atoms. The minimum atomic E-state index is -1.28. The number of carbonyl (C=O) groups excluding carboxylic acids is 2. The minimum absolute atomic E-state index is 0.315. The summed E-state index contributed by atoms with van der Waals surface area (Å²) in [5.74, 6) is -1.39. The van der Waals surface area contributed by atoms with Gasteiger partial charge in [-0.15, -0.1) is 10.1 Å². The number of nitrogens with zero attached hydrogens (tertiary/aromatic N) is 1. The van der Waals surface area contributed by atoms with E-state index in [2.05, 4.69) is 14.9 Å². The van der Waals surface area contributed by atoms with E-state index in [0.717, 1.165) is 7.11 Å². The van der Waals surface area contributed by atoms with Crippen molar-refractivity contribution in [3.8, 4) is 0 Å². The summed E-state index contributed by atoms with van der Waals surface area (Å²) in [4.78, 5) is 38.1. The molecule has 0 aliphatic heterocycles. The van der Waals surface area contributed by atoms with E-state index in [9.17, 15) is 19.7 Å². The minimum Gasteiger partial charge on any atom is -0.467 e. The van der Waals surface area contributed by atoms with Gasteiger partial charge >= 0.3 is 5.97 Å². The Bertz CT molecular complexity index is 490. The van der Waals surface area contributed by atoms with Gasteiger partial charge in [-0.25, -0.2) is 4.79 Å². The number of esters is 1. The Hall–Kier alpha value is -2.64. The first kappa shape index (κ1) is 15.4. The van der Waals surface area contributed by atoms with Crippen molar-refractivity contribution >= 4 is 11.9 Å². The lowest BCUT2D eigenvalue weighted by molar-refractivity contribution is -0.767. The molecule has 0 saturated heterocycles. The Kier molecular flexibility index (Phi) is 5.45. The lowest BCUT2D eigenvalue weighted by Crippen LogP contribution is -2.49. The van der Waals surface area contributed by atoms with Crippen molar-refractivity contribution in [1.82, 2.24) is 5.32 Å². The molecule has 0 fully saturated rings. The monoisotopic (exact) mass is 282 g/mol. The number of amides is 1. The summed E-state index contributed by atoms with van der Waals surface area (Å²) in [6, 6.07) is 6.84. The van der Waals surface area contributed by atoms with Gasteiger partial charge in [0.05, 0.1) is 7.11 Å². The van der Waals surface area contributed by atoms with Crippen LogP contribution in [-0.2, 0) is 14.4 Å². The lowest BCUT2D eigenvalue weighted by Gasteiger charge is -2.21. The number of ether oxygens (including phenoxy) is 1. The first-order chi connectivity index (χ1) is 9.45. The highest BCUT2D eigenvalue weighted by atomic mass is 17.0. The molecule has 0 aliphatic rings. The molecule has 1 aromatic carbocycles. The molecule has 0 radical (unpaired) electrons. The van der Waals surface area contributed by atoms with Crippen LogP contribution in [0.5, 0.6) is 0 Å². The van der Waals surface area contributed by atoms with Crippen LogP contribution in [0.3, 0.4) is 0 Å². The van der Waals surface area contributed by atoms with Crippen molar-refractivity contribution in [2.45, 2.75) is 19.1 Å². The Morgan fingerprint density at radius 1 is 1.30 bits per heavy atom. The van der Waals surface area contributed by atoms with E-state index < -0.39 is 29.1 Å². The van der Waals surface area contributed by atoms with Crippen LogP contribution < -0.4 is 5.32 Å². The highest BCUT2D eigenvalue weighted by Gasteiger charge is 2.30. The summed E-state index contributed by atoms with van der Waals surface area (Å²) < 4.78 is 4.50. The molecule has 8 nitrogen and oxygen atoms in total. The number of hydrogen-bond acceptors (Lipinski definition) is 6. The first-order valence-electron chi connectivity index (χ1n) is 5.70. The van der Waals surface area contributed by atoms with Crippen molar-refractivity contribution in [2.24, 2.45) is 0 Å². The van der Waals surface area contributed by atoms with Crippen molar-refractivity contribution < 1.29 is 24.3 Å². The Morgan fingerprint density at radius 2 is 1.90 bits per heavy atom. The Labute approximate surface area is 114 Å². The molecule has 1 rings (SSSR count). The van der Waals surface area contributed by atoms with Gasteiger partial charge < -0.3 is 14.9 Å². The second-order valence-corrected chi connectivity index (χ2v) is 3.87. The maximum Gasteiger partial charge on any atom is 0.330 e. The number of methoxy groups -OCH3 is 1. The van der Waals surface area contributed by atoms with Gasteiger partial charge in [-0.2, -0.15) is 0 Å². The third-order valence-corrected chi connectivity index (χ3v) is 2.50. The molecule has 2 atom stereocenters. The fraction of sp³-hybridized carbons (Fsp3) is 0.333. The number of hydrogen-bond donors (Lipinski definition) is 1. The molecule has 0 bridgehead atoms. The molecule has 1 N–H and O–H groups in total. The zero-order valence-electron chi connectivity index (χ0n) is 10.9. The number of nitrogens with one attached hydrogen (secondary N) is 1. The molecular formula is C12H14N2O6. The lowest BCUT2D eigenvalue weighted by atomic mass is 10.1. The van der Waals surface area contributed by atoms with Crippen molar-refractivity contribution in [3.63, 3.8) is 0 Å². The van der Waals surface area contributed by atoms with Gasteiger partial charge in [0.25, 0.3) is 11.0 Å². The normalized spacial score (nSPS) is 12.9. The maximum absolute atomic E-state index is 11.9. The molecule has 1 amide bonds. The maximum atomic E-state index is 11.9. The zero-order chi connectivity index (χ0) is 15.1. The largest absolute Gasteiger partial charge is 0.467 e. The Balaban J connectivity index is 2.82. The molecule has 2 unspecified atom stereocenters. The topological polar surface area (TPSA) is 108 Å². The summed E-state index contributed by atoms with van der Waals surface area (Å²) in [7, 11) is 1.11. The van der Waals surface area contributed by atoms with Gasteiger partial charge in [-0.05, 0) is 19.1 Å². The molecule has 0 aliphatic carbocycles. The summed E-state index contributed by atoms with van der Waals surface area (Å²) in [5.41, 5.74) is 0.315. The van der Waals surface area contributed by atoms with Crippen molar-refractivity contribution in [1.29, 1.82) is 0 Å². The van der Waals surface area contributed by atoms with Crippen LogP contribution in [-0.4, -0.2) is 36.2 Å². The van der Waals surface area contributed by atoms with Crippen LogP contribution in [0.25, 0.3) is 0 Å². The zero-order valence-corrected chi connectivity index (χ0v) is 10.9. The number of benzene rings is 1. The average molecular weight is 282 g/mol. The SMILES string of the molecule is COC(=O)C(NC(=O)c1ccccc1)C(C)O[N+](=O)[O-]. The van der Waals surface area contributed by atoms with Crippen molar-refractivity contribution in [3.05, 3.63) is 46.0 Å². The molecule has 108 valence electrons. The van der Waals surface area contributed by atoms with Crippen molar-refractivity contribution in [2.75, 3.05) is 7.11 Å². The summed E-state index contributed by atoms with van der Waals surface area (Å²) >= 11 is 0. The Morgan fingerprint density at radius 3 is 2.40 bits per heavy atom. The summed E-state index contributed by atoms with van der Waals surface area (Å²) in [6.45, 7) is 1.29. The van der Waals surface area contributed by atoms with E-state index in [0.29, 0.717) is 5.56 Å². The fourth-order valence-corrected chi connectivity index (χ4v) is 1.51. The molecule has 20 heavy (non-hydrogen) atoms. The van der Waals surface area contributed by atoms with Gasteiger partial charge in [0.2, 0.25) is 0 Å². The highest BCUT2D eigenvalue weighted by molar-refractivity contribution is 5.96.